The standard InChI is InChI=1S/C12H16F2N2/c1-9-2-3-10(6-11(9)15)7-16-5-4-12(13,14)8-16/h2-3,6H,4-5,7-8,15H2,1H3. The van der Waals surface area contributed by atoms with E-state index in [0.29, 0.717) is 13.1 Å². The highest BCUT2D eigenvalue weighted by Crippen LogP contribution is 2.28. The fourth-order valence-electron chi connectivity index (χ4n) is 1.99. The molecule has 1 saturated heterocycles. The summed E-state index contributed by atoms with van der Waals surface area (Å²) in [5.41, 5.74) is 8.53. The van der Waals surface area contributed by atoms with Crippen molar-refractivity contribution in [3.63, 3.8) is 0 Å². The molecule has 0 radical (unpaired) electrons. The zero-order chi connectivity index (χ0) is 11.8. The SMILES string of the molecule is Cc1ccc(CN2CCC(F)(F)C2)cc1N. The molecule has 16 heavy (non-hydrogen) atoms. The molecule has 1 aromatic carbocycles. The fourth-order valence-corrected chi connectivity index (χ4v) is 1.99. The Balaban J connectivity index is 2.02. The molecular weight excluding hydrogens is 210 g/mol. The van der Waals surface area contributed by atoms with Gasteiger partial charge in [0.05, 0.1) is 6.54 Å². The van der Waals surface area contributed by atoms with Crippen LogP contribution in [0.5, 0.6) is 0 Å². The Morgan fingerprint density at radius 2 is 2.19 bits per heavy atom. The number of nitrogen functional groups attached to an aromatic ring is 1. The van der Waals surface area contributed by atoms with E-state index in [4.69, 9.17) is 5.73 Å². The van der Waals surface area contributed by atoms with Gasteiger partial charge in [-0.05, 0) is 24.1 Å². The molecule has 1 aliphatic rings. The van der Waals surface area contributed by atoms with E-state index in [9.17, 15) is 8.78 Å². The minimum Gasteiger partial charge on any atom is -0.399 e. The molecule has 0 aliphatic carbocycles. The van der Waals surface area contributed by atoms with Crippen LogP contribution in [0.4, 0.5) is 14.5 Å². The number of nitrogens with two attached hydrogens (primary N) is 1. The van der Waals surface area contributed by atoms with E-state index in [2.05, 4.69) is 0 Å². The second kappa shape index (κ2) is 4.01. The average molecular weight is 226 g/mol. The molecular formula is C12H16F2N2. The number of halogens is 2. The molecule has 1 aromatic rings. The second-order valence-electron chi connectivity index (χ2n) is 4.51. The highest BCUT2D eigenvalue weighted by Gasteiger charge is 2.37. The zero-order valence-corrected chi connectivity index (χ0v) is 9.34. The van der Waals surface area contributed by atoms with Crippen LogP contribution in [-0.4, -0.2) is 23.9 Å². The van der Waals surface area contributed by atoms with Crippen LogP contribution in [0.2, 0.25) is 0 Å². The molecule has 0 saturated carbocycles. The van der Waals surface area contributed by atoms with Crippen LogP contribution in [0, 0.1) is 6.92 Å². The monoisotopic (exact) mass is 226 g/mol. The van der Waals surface area contributed by atoms with Gasteiger partial charge in [0.2, 0.25) is 0 Å². The Morgan fingerprint density at radius 3 is 2.75 bits per heavy atom. The van der Waals surface area contributed by atoms with Gasteiger partial charge in [0, 0.05) is 25.2 Å². The topological polar surface area (TPSA) is 29.3 Å². The Bertz CT molecular complexity index is 391. The Morgan fingerprint density at radius 1 is 1.44 bits per heavy atom. The third kappa shape index (κ3) is 2.50. The molecule has 4 heteroatoms. The number of anilines is 1. The summed E-state index contributed by atoms with van der Waals surface area (Å²) in [7, 11) is 0. The van der Waals surface area contributed by atoms with Crippen molar-refractivity contribution in [2.75, 3.05) is 18.8 Å². The van der Waals surface area contributed by atoms with Crippen LogP contribution >= 0.6 is 0 Å². The number of nitrogens with zero attached hydrogens (tertiary/aromatic N) is 1. The molecule has 0 atom stereocenters. The zero-order valence-electron chi connectivity index (χ0n) is 9.34. The minimum absolute atomic E-state index is 0.0334. The fraction of sp³-hybridized carbons (Fsp3) is 0.500. The Labute approximate surface area is 94.0 Å². The first kappa shape index (κ1) is 11.3. The Kier molecular flexibility index (Phi) is 2.84. The van der Waals surface area contributed by atoms with Crippen molar-refractivity contribution in [2.45, 2.75) is 25.8 Å². The van der Waals surface area contributed by atoms with E-state index >= 15 is 0 Å². The quantitative estimate of drug-likeness (QED) is 0.785. The number of hydrogen-bond acceptors (Lipinski definition) is 2. The van der Waals surface area contributed by atoms with Gasteiger partial charge in [-0.3, -0.25) is 4.90 Å². The van der Waals surface area contributed by atoms with Gasteiger partial charge in [-0.25, -0.2) is 8.78 Å². The van der Waals surface area contributed by atoms with Crippen LogP contribution in [0.1, 0.15) is 17.5 Å². The predicted molar refractivity (Wildman–Crippen MR) is 60.4 cm³/mol. The smallest absolute Gasteiger partial charge is 0.261 e. The largest absolute Gasteiger partial charge is 0.399 e. The molecule has 2 N–H and O–H groups in total. The van der Waals surface area contributed by atoms with E-state index in [0.717, 1.165) is 16.8 Å². The molecule has 0 amide bonds. The Hall–Kier alpha value is -1.16. The lowest BCUT2D eigenvalue weighted by Crippen LogP contribution is -2.24. The van der Waals surface area contributed by atoms with Gasteiger partial charge in [-0.1, -0.05) is 12.1 Å². The van der Waals surface area contributed by atoms with Crippen LogP contribution in [0.25, 0.3) is 0 Å². The molecule has 2 rings (SSSR count). The van der Waals surface area contributed by atoms with Gasteiger partial charge < -0.3 is 5.73 Å². The number of rotatable bonds is 2. The van der Waals surface area contributed by atoms with Gasteiger partial charge in [0.15, 0.2) is 0 Å². The average Bonchev–Trinajstić information content (AvgIpc) is 2.52. The highest BCUT2D eigenvalue weighted by molar-refractivity contribution is 5.48. The van der Waals surface area contributed by atoms with Gasteiger partial charge >= 0.3 is 0 Å². The summed E-state index contributed by atoms with van der Waals surface area (Å²) in [4.78, 5) is 1.77. The lowest BCUT2D eigenvalue weighted by Gasteiger charge is -2.16. The van der Waals surface area contributed by atoms with Crippen molar-refractivity contribution in [3.05, 3.63) is 29.3 Å². The summed E-state index contributed by atoms with van der Waals surface area (Å²) < 4.78 is 25.9. The maximum absolute atomic E-state index is 13.0. The van der Waals surface area contributed by atoms with E-state index in [1.54, 1.807) is 4.90 Å². The highest BCUT2D eigenvalue weighted by atomic mass is 19.3. The van der Waals surface area contributed by atoms with E-state index in [1.807, 2.05) is 25.1 Å². The molecule has 0 aromatic heterocycles. The summed E-state index contributed by atoms with van der Waals surface area (Å²) in [5.74, 6) is -2.52. The van der Waals surface area contributed by atoms with E-state index < -0.39 is 5.92 Å². The number of aryl methyl sites for hydroxylation is 1. The molecule has 0 bridgehead atoms. The van der Waals surface area contributed by atoms with Gasteiger partial charge in [0.25, 0.3) is 5.92 Å². The van der Waals surface area contributed by atoms with Crippen molar-refractivity contribution in [3.8, 4) is 0 Å². The molecule has 0 unspecified atom stereocenters. The number of alkyl halides is 2. The van der Waals surface area contributed by atoms with Crippen molar-refractivity contribution in [1.82, 2.24) is 4.90 Å². The van der Waals surface area contributed by atoms with Crippen LogP contribution in [-0.2, 0) is 6.54 Å². The first-order valence-electron chi connectivity index (χ1n) is 5.41. The lowest BCUT2D eigenvalue weighted by molar-refractivity contribution is 0.0115. The summed E-state index contributed by atoms with van der Waals surface area (Å²) in [6.07, 6.45) is -0.0334. The first-order valence-corrected chi connectivity index (χ1v) is 5.41. The van der Waals surface area contributed by atoms with Crippen molar-refractivity contribution in [2.24, 2.45) is 0 Å². The third-order valence-electron chi connectivity index (χ3n) is 3.00. The molecule has 88 valence electrons. The number of benzene rings is 1. The summed E-state index contributed by atoms with van der Waals surface area (Å²) in [6.45, 7) is 2.81. The maximum atomic E-state index is 13.0. The second-order valence-corrected chi connectivity index (χ2v) is 4.51. The van der Waals surface area contributed by atoms with Crippen LogP contribution in [0.3, 0.4) is 0 Å². The number of hydrogen-bond donors (Lipinski definition) is 1. The molecule has 1 fully saturated rings. The summed E-state index contributed by atoms with van der Waals surface area (Å²) in [6, 6.07) is 5.74. The normalized spacial score (nSPS) is 20.2. The molecule has 2 nitrogen and oxygen atoms in total. The molecule has 0 spiro atoms. The maximum Gasteiger partial charge on any atom is 0.261 e. The molecule has 1 heterocycles. The van der Waals surface area contributed by atoms with Crippen LogP contribution < -0.4 is 5.73 Å². The predicted octanol–water partition coefficient (Wildman–Crippen LogP) is 2.42. The minimum atomic E-state index is -2.52. The summed E-state index contributed by atoms with van der Waals surface area (Å²) >= 11 is 0. The lowest BCUT2D eigenvalue weighted by atomic mass is 10.1. The van der Waals surface area contributed by atoms with E-state index in [-0.39, 0.29) is 13.0 Å². The first-order chi connectivity index (χ1) is 7.46. The van der Waals surface area contributed by atoms with Crippen molar-refractivity contribution >= 4 is 5.69 Å². The number of likely N-dealkylation sites (tertiary alicyclic amines) is 1. The molecule has 1 aliphatic heterocycles. The van der Waals surface area contributed by atoms with Gasteiger partial charge in [-0.2, -0.15) is 0 Å². The summed E-state index contributed by atoms with van der Waals surface area (Å²) in [5, 5.41) is 0. The third-order valence-corrected chi connectivity index (χ3v) is 3.00. The van der Waals surface area contributed by atoms with Crippen molar-refractivity contribution < 1.29 is 8.78 Å². The van der Waals surface area contributed by atoms with E-state index in [1.165, 1.54) is 0 Å². The van der Waals surface area contributed by atoms with Gasteiger partial charge in [-0.15, -0.1) is 0 Å². The van der Waals surface area contributed by atoms with Crippen LogP contribution in [0.15, 0.2) is 18.2 Å². The van der Waals surface area contributed by atoms with Crippen molar-refractivity contribution in [1.29, 1.82) is 0 Å². The van der Waals surface area contributed by atoms with Gasteiger partial charge in [0.1, 0.15) is 0 Å².